The van der Waals surface area contributed by atoms with Gasteiger partial charge in [-0.25, -0.2) is 4.79 Å². The Morgan fingerprint density at radius 1 is 1.47 bits per heavy atom. The molecular weight excluding hydrogens is 220 g/mol. The minimum atomic E-state index is -0.514. The Balaban J connectivity index is 2.64. The van der Waals surface area contributed by atoms with Crippen LogP contribution in [-0.2, 0) is 14.3 Å². The molecule has 0 spiro atoms. The molecule has 1 fully saturated rings. The Kier molecular flexibility index (Phi) is 4.93. The van der Waals surface area contributed by atoms with Crippen LogP contribution in [0.25, 0.3) is 0 Å². The van der Waals surface area contributed by atoms with Crippen LogP contribution in [0.5, 0.6) is 0 Å². The van der Waals surface area contributed by atoms with Crippen LogP contribution >= 0.6 is 0 Å². The molecule has 0 aromatic carbocycles. The van der Waals surface area contributed by atoms with Gasteiger partial charge in [-0.05, 0) is 25.2 Å². The van der Waals surface area contributed by atoms with Crippen molar-refractivity contribution in [3.05, 3.63) is 0 Å². The van der Waals surface area contributed by atoms with E-state index in [-0.39, 0.29) is 11.9 Å². The van der Waals surface area contributed by atoms with Crippen LogP contribution in [0.3, 0.4) is 0 Å². The van der Waals surface area contributed by atoms with E-state index in [2.05, 4.69) is 0 Å². The monoisotopic (exact) mass is 242 g/mol. The van der Waals surface area contributed by atoms with Gasteiger partial charge in [0.15, 0.2) is 0 Å². The topological polar surface area (TPSA) is 72.6 Å². The standard InChI is InChI=1S/C12H22N2O3/c1-8(2)7-9(13)11(15)14-6-4-5-10(14)12(16)17-3/h8-10H,4-7,13H2,1-3H3/t9-,10-/m0/s1. The summed E-state index contributed by atoms with van der Waals surface area (Å²) >= 11 is 0. The molecule has 1 rings (SSSR count). The molecule has 1 aliphatic rings. The highest BCUT2D eigenvalue weighted by molar-refractivity contribution is 5.88. The van der Waals surface area contributed by atoms with Crippen molar-refractivity contribution < 1.29 is 14.3 Å². The van der Waals surface area contributed by atoms with Gasteiger partial charge in [0.1, 0.15) is 6.04 Å². The molecule has 1 aliphatic heterocycles. The quantitative estimate of drug-likeness (QED) is 0.730. The highest BCUT2D eigenvalue weighted by Crippen LogP contribution is 2.20. The van der Waals surface area contributed by atoms with Crippen LogP contribution in [-0.4, -0.2) is 42.5 Å². The average Bonchev–Trinajstić information content (AvgIpc) is 2.74. The van der Waals surface area contributed by atoms with Crippen LogP contribution in [0.15, 0.2) is 0 Å². The zero-order chi connectivity index (χ0) is 13.0. The predicted octanol–water partition coefficient (Wildman–Crippen LogP) is 0.524. The van der Waals surface area contributed by atoms with Crippen molar-refractivity contribution in [1.29, 1.82) is 0 Å². The first-order valence-electron chi connectivity index (χ1n) is 6.11. The van der Waals surface area contributed by atoms with Crippen LogP contribution < -0.4 is 5.73 Å². The van der Waals surface area contributed by atoms with Gasteiger partial charge in [0, 0.05) is 6.54 Å². The average molecular weight is 242 g/mol. The van der Waals surface area contributed by atoms with E-state index in [1.807, 2.05) is 13.8 Å². The molecule has 1 saturated heterocycles. The number of carbonyl (C=O) groups is 2. The van der Waals surface area contributed by atoms with E-state index in [1.54, 1.807) is 4.90 Å². The third kappa shape index (κ3) is 3.43. The van der Waals surface area contributed by atoms with Crippen molar-refractivity contribution in [3.63, 3.8) is 0 Å². The molecule has 0 bridgehead atoms. The van der Waals surface area contributed by atoms with Crippen molar-refractivity contribution in [3.8, 4) is 0 Å². The maximum Gasteiger partial charge on any atom is 0.328 e. The Bertz CT molecular complexity index is 291. The SMILES string of the molecule is COC(=O)[C@@H]1CCCN1C(=O)[C@@H](N)CC(C)C. The lowest BCUT2D eigenvalue weighted by atomic mass is 10.0. The molecule has 98 valence electrons. The molecule has 5 heteroatoms. The van der Waals surface area contributed by atoms with Gasteiger partial charge in [0.05, 0.1) is 13.2 Å². The molecule has 1 heterocycles. The lowest BCUT2D eigenvalue weighted by molar-refractivity contribution is -0.151. The summed E-state index contributed by atoms with van der Waals surface area (Å²) in [6.07, 6.45) is 2.15. The minimum absolute atomic E-state index is 0.133. The Morgan fingerprint density at radius 3 is 2.65 bits per heavy atom. The Morgan fingerprint density at radius 2 is 2.12 bits per heavy atom. The van der Waals surface area contributed by atoms with Gasteiger partial charge in [-0.15, -0.1) is 0 Å². The fourth-order valence-electron chi connectivity index (χ4n) is 2.23. The maximum absolute atomic E-state index is 12.1. The van der Waals surface area contributed by atoms with Gasteiger partial charge >= 0.3 is 5.97 Å². The normalized spacial score (nSPS) is 21.7. The summed E-state index contributed by atoms with van der Waals surface area (Å²) in [7, 11) is 1.34. The summed E-state index contributed by atoms with van der Waals surface area (Å²) < 4.78 is 4.70. The fourth-order valence-corrected chi connectivity index (χ4v) is 2.23. The molecule has 0 aromatic heterocycles. The largest absolute Gasteiger partial charge is 0.467 e. The number of carbonyl (C=O) groups excluding carboxylic acids is 2. The summed E-state index contributed by atoms with van der Waals surface area (Å²) in [5.41, 5.74) is 5.86. The van der Waals surface area contributed by atoms with E-state index in [0.29, 0.717) is 25.3 Å². The smallest absolute Gasteiger partial charge is 0.328 e. The number of nitrogens with two attached hydrogens (primary N) is 1. The Labute approximate surface area is 102 Å². The third-order valence-electron chi connectivity index (χ3n) is 3.05. The zero-order valence-electron chi connectivity index (χ0n) is 10.8. The van der Waals surface area contributed by atoms with E-state index >= 15 is 0 Å². The predicted molar refractivity (Wildman–Crippen MR) is 64.2 cm³/mol. The number of methoxy groups -OCH3 is 1. The van der Waals surface area contributed by atoms with Crippen molar-refractivity contribution in [2.24, 2.45) is 11.7 Å². The molecule has 17 heavy (non-hydrogen) atoms. The molecule has 2 atom stereocenters. The molecule has 0 aliphatic carbocycles. The molecule has 0 aromatic rings. The number of likely N-dealkylation sites (tertiary alicyclic amines) is 1. The zero-order valence-corrected chi connectivity index (χ0v) is 10.8. The summed E-state index contributed by atoms with van der Waals surface area (Å²) in [5.74, 6) is -0.104. The van der Waals surface area contributed by atoms with Gasteiger partial charge in [0.2, 0.25) is 5.91 Å². The summed E-state index contributed by atoms with van der Waals surface area (Å²) in [4.78, 5) is 25.2. The van der Waals surface area contributed by atoms with Gasteiger partial charge in [-0.2, -0.15) is 0 Å². The van der Waals surface area contributed by atoms with E-state index in [9.17, 15) is 9.59 Å². The van der Waals surface area contributed by atoms with E-state index in [0.717, 1.165) is 6.42 Å². The number of hydrogen-bond acceptors (Lipinski definition) is 4. The number of ether oxygens (including phenoxy) is 1. The molecule has 0 unspecified atom stereocenters. The second-order valence-corrected chi connectivity index (χ2v) is 4.95. The first-order valence-corrected chi connectivity index (χ1v) is 6.11. The number of hydrogen-bond donors (Lipinski definition) is 1. The van der Waals surface area contributed by atoms with E-state index in [1.165, 1.54) is 7.11 Å². The second kappa shape index (κ2) is 6.00. The van der Waals surface area contributed by atoms with Gasteiger partial charge < -0.3 is 15.4 Å². The molecule has 2 N–H and O–H groups in total. The van der Waals surface area contributed by atoms with Gasteiger partial charge in [-0.3, -0.25) is 4.79 Å². The van der Waals surface area contributed by atoms with Crippen molar-refractivity contribution in [1.82, 2.24) is 4.90 Å². The molecule has 1 amide bonds. The molecule has 0 radical (unpaired) electrons. The molecule has 0 saturated carbocycles. The van der Waals surface area contributed by atoms with Crippen molar-refractivity contribution in [2.75, 3.05) is 13.7 Å². The van der Waals surface area contributed by atoms with Gasteiger partial charge in [0.25, 0.3) is 0 Å². The maximum atomic E-state index is 12.1. The fraction of sp³-hybridized carbons (Fsp3) is 0.833. The van der Waals surface area contributed by atoms with Crippen molar-refractivity contribution in [2.45, 2.75) is 45.2 Å². The number of amides is 1. The van der Waals surface area contributed by atoms with Crippen LogP contribution in [0.1, 0.15) is 33.1 Å². The highest BCUT2D eigenvalue weighted by Gasteiger charge is 2.36. The molecular formula is C12H22N2O3. The lowest BCUT2D eigenvalue weighted by Crippen LogP contribution is -2.49. The summed E-state index contributed by atoms with van der Waals surface area (Å²) in [6, 6.07) is -0.953. The summed E-state index contributed by atoms with van der Waals surface area (Å²) in [6.45, 7) is 4.65. The second-order valence-electron chi connectivity index (χ2n) is 4.95. The summed E-state index contributed by atoms with van der Waals surface area (Å²) in [5, 5.41) is 0. The van der Waals surface area contributed by atoms with Crippen LogP contribution in [0.2, 0.25) is 0 Å². The van der Waals surface area contributed by atoms with Gasteiger partial charge in [-0.1, -0.05) is 13.8 Å². The van der Waals surface area contributed by atoms with E-state index in [4.69, 9.17) is 10.5 Å². The van der Waals surface area contributed by atoms with E-state index < -0.39 is 12.1 Å². The minimum Gasteiger partial charge on any atom is -0.467 e. The highest BCUT2D eigenvalue weighted by atomic mass is 16.5. The first kappa shape index (κ1) is 14.0. The van der Waals surface area contributed by atoms with Crippen LogP contribution in [0.4, 0.5) is 0 Å². The lowest BCUT2D eigenvalue weighted by Gasteiger charge is -2.26. The number of rotatable bonds is 4. The number of esters is 1. The van der Waals surface area contributed by atoms with Crippen LogP contribution in [0, 0.1) is 5.92 Å². The third-order valence-corrected chi connectivity index (χ3v) is 3.05. The molecule has 5 nitrogen and oxygen atoms in total. The Hall–Kier alpha value is -1.10. The first-order chi connectivity index (χ1) is 7.97. The van der Waals surface area contributed by atoms with Crippen molar-refractivity contribution >= 4 is 11.9 Å². The number of nitrogens with zero attached hydrogens (tertiary/aromatic N) is 1.